The van der Waals surface area contributed by atoms with E-state index in [9.17, 15) is 0 Å². The molecule has 17 heavy (non-hydrogen) atoms. The van der Waals surface area contributed by atoms with Crippen LogP contribution in [0.5, 0.6) is 5.75 Å². The third kappa shape index (κ3) is 3.74. The maximum Gasteiger partial charge on any atom is 0.120 e. The lowest BCUT2D eigenvalue weighted by Crippen LogP contribution is -2.25. The van der Waals surface area contributed by atoms with Crippen molar-refractivity contribution in [3.8, 4) is 5.75 Å². The molecular weight excluding hydrogens is 276 g/mol. The summed E-state index contributed by atoms with van der Waals surface area (Å²) in [5.74, 6) is 1.90. The van der Waals surface area contributed by atoms with Crippen molar-refractivity contribution in [3.63, 3.8) is 0 Å². The molecule has 1 aromatic carbocycles. The molecule has 1 aliphatic rings. The SMILES string of the molecule is CCC1CCCC(Oc2cccc(CBr)c2)C1. The highest BCUT2D eigenvalue weighted by Crippen LogP contribution is 2.29. The molecule has 0 heterocycles. The molecule has 0 spiro atoms. The molecule has 2 unspecified atom stereocenters. The Balaban J connectivity index is 1.95. The Morgan fingerprint density at radius 3 is 3.00 bits per heavy atom. The molecule has 1 fully saturated rings. The van der Waals surface area contributed by atoms with Gasteiger partial charge in [0, 0.05) is 5.33 Å². The molecule has 0 N–H and O–H groups in total. The molecule has 0 radical (unpaired) electrons. The molecular formula is C15H21BrO. The lowest BCUT2D eigenvalue weighted by Gasteiger charge is -2.29. The van der Waals surface area contributed by atoms with Crippen molar-refractivity contribution in [2.45, 2.75) is 50.5 Å². The van der Waals surface area contributed by atoms with Gasteiger partial charge in [-0.05, 0) is 42.9 Å². The first kappa shape index (κ1) is 12.9. The fraction of sp³-hybridized carbons (Fsp3) is 0.600. The molecule has 2 rings (SSSR count). The van der Waals surface area contributed by atoms with E-state index in [1.807, 2.05) is 0 Å². The van der Waals surface area contributed by atoms with Gasteiger partial charge >= 0.3 is 0 Å². The summed E-state index contributed by atoms with van der Waals surface area (Å²) in [6, 6.07) is 8.41. The van der Waals surface area contributed by atoms with E-state index >= 15 is 0 Å². The molecule has 1 aromatic rings. The quantitative estimate of drug-likeness (QED) is 0.716. The highest BCUT2D eigenvalue weighted by atomic mass is 79.9. The van der Waals surface area contributed by atoms with Crippen LogP contribution in [0, 0.1) is 5.92 Å². The number of hydrogen-bond donors (Lipinski definition) is 0. The number of ether oxygens (including phenoxy) is 1. The van der Waals surface area contributed by atoms with E-state index in [0.29, 0.717) is 6.10 Å². The molecule has 1 saturated carbocycles. The summed E-state index contributed by atoms with van der Waals surface area (Å²) >= 11 is 3.48. The predicted molar refractivity (Wildman–Crippen MR) is 75.7 cm³/mol. The van der Waals surface area contributed by atoms with Gasteiger partial charge in [0.1, 0.15) is 5.75 Å². The van der Waals surface area contributed by atoms with E-state index in [-0.39, 0.29) is 0 Å². The first-order valence-electron chi connectivity index (χ1n) is 6.63. The van der Waals surface area contributed by atoms with Crippen LogP contribution >= 0.6 is 15.9 Å². The molecule has 1 nitrogen and oxygen atoms in total. The molecule has 2 atom stereocenters. The van der Waals surface area contributed by atoms with Gasteiger partial charge in [-0.15, -0.1) is 0 Å². The zero-order valence-electron chi connectivity index (χ0n) is 10.5. The number of halogens is 1. The first-order chi connectivity index (χ1) is 8.31. The van der Waals surface area contributed by atoms with Gasteiger partial charge in [0.05, 0.1) is 6.10 Å². The zero-order chi connectivity index (χ0) is 12.1. The molecule has 2 heteroatoms. The Hall–Kier alpha value is -0.500. The third-order valence-corrected chi connectivity index (χ3v) is 4.32. The van der Waals surface area contributed by atoms with E-state index in [1.54, 1.807) is 0 Å². The second-order valence-electron chi connectivity index (χ2n) is 4.96. The zero-order valence-corrected chi connectivity index (χ0v) is 12.1. The largest absolute Gasteiger partial charge is 0.490 e. The second-order valence-corrected chi connectivity index (χ2v) is 5.52. The fourth-order valence-corrected chi connectivity index (χ4v) is 2.96. The van der Waals surface area contributed by atoms with Gasteiger partial charge in [-0.1, -0.05) is 47.8 Å². The maximum absolute atomic E-state index is 6.11. The van der Waals surface area contributed by atoms with Crippen LogP contribution in [0.1, 0.15) is 44.6 Å². The Bertz CT molecular complexity index is 351. The topological polar surface area (TPSA) is 9.23 Å². The molecule has 1 aliphatic carbocycles. The van der Waals surface area contributed by atoms with Crippen molar-refractivity contribution >= 4 is 15.9 Å². The summed E-state index contributed by atoms with van der Waals surface area (Å²) in [5.41, 5.74) is 1.28. The summed E-state index contributed by atoms with van der Waals surface area (Å²) < 4.78 is 6.11. The molecule has 0 aromatic heterocycles. The van der Waals surface area contributed by atoms with Gasteiger partial charge in [-0.2, -0.15) is 0 Å². The second kappa shape index (κ2) is 6.44. The Kier molecular flexibility index (Phi) is 4.90. The van der Waals surface area contributed by atoms with Crippen LogP contribution in [0.25, 0.3) is 0 Å². The molecule has 0 bridgehead atoms. The van der Waals surface area contributed by atoms with Gasteiger partial charge in [0.2, 0.25) is 0 Å². The number of alkyl halides is 1. The third-order valence-electron chi connectivity index (χ3n) is 3.67. The summed E-state index contributed by atoms with van der Waals surface area (Å²) in [6.45, 7) is 2.29. The van der Waals surface area contributed by atoms with E-state index in [1.165, 1.54) is 37.7 Å². The van der Waals surface area contributed by atoms with E-state index < -0.39 is 0 Å². The van der Waals surface area contributed by atoms with Crippen molar-refractivity contribution in [2.75, 3.05) is 0 Å². The van der Waals surface area contributed by atoms with Gasteiger partial charge in [0.25, 0.3) is 0 Å². The van der Waals surface area contributed by atoms with Gasteiger partial charge < -0.3 is 4.74 Å². The van der Waals surface area contributed by atoms with Crippen LogP contribution in [-0.4, -0.2) is 6.10 Å². The monoisotopic (exact) mass is 296 g/mol. The van der Waals surface area contributed by atoms with Crippen molar-refractivity contribution in [3.05, 3.63) is 29.8 Å². The minimum absolute atomic E-state index is 0.430. The normalized spacial score (nSPS) is 24.6. The van der Waals surface area contributed by atoms with Gasteiger partial charge in [-0.25, -0.2) is 0 Å². The lowest BCUT2D eigenvalue weighted by molar-refractivity contribution is 0.122. The fourth-order valence-electron chi connectivity index (χ4n) is 2.61. The van der Waals surface area contributed by atoms with Crippen molar-refractivity contribution in [1.82, 2.24) is 0 Å². The summed E-state index contributed by atoms with van der Waals surface area (Å²) in [5, 5.41) is 0.895. The van der Waals surface area contributed by atoms with Crippen molar-refractivity contribution in [1.29, 1.82) is 0 Å². The van der Waals surface area contributed by atoms with Crippen LogP contribution in [0.3, 0.4) is 0 Å². The Morgan fingerprint density at radius 2 is 2.24 bits per heavy atom. The van der Waals surface area contributed by atoms with Gasteiger partial charge in [-0.3, -0.25) is 0 Å². The highest BCUT2D eigenvalue weighted by Gasteiger charge is 2.21. The van der Waals surface area contributed by atoms with E-state index in [4.69, 9.17) is 4.74 Å². The number of benzene rings is 1. The Labute approximate surface area is 113 Å². The first-order valence-corrected chi connectivity index (χ1v) is 7.75. The standard InChI is InChI=1S/C15H21BrO/c1-2-12-5-3-7-14(9-12)17-15-8-4-6-13(10-15)11-16/h4,6,8,10,12,14H,2-3,5,7,9,11H2,1H3. The minimum Gasteiger partial charge on any atom is -0.490 e. The van der Waals surface area contributed by atoms with Crippen LogP contribution < -0.4 is 4.74 Å². The predicted octanol–water partition coefficient (Wildman–Crippen LogP) is 4.93. The highest BCUT2D eigenvalue weighted by molar-refractivity contribution is 9.08. The van der Waals surface area contributed by atoms with Crippen LogP contribution in [-0.2, 0) is 5.33 Å². The minimum atomic E-state index is 0.430. The average molecular weight is 297 g/mol. The molecule has 94 valence electrons. The summed E-state index contributed by atoms with van der Waals surface area (Å²) in [7, 11) is 0. The summed E-state index contributed by atoms with van der Waals surface area (Å²) in [4.78, 5) is 0. The molecule has 0 amide bonds. The lowest BCUT2D eigenvalue weighted by atomic mass is 9.85. The van der Waals surface area contributed by atoms with Crippen LogP contribution in [0.2, 0.25) is 0 Å². The smallest absolute Gasteiger partial charge is 0.120 e. The number of hydrogen-bond acceptors (Lipinski definition) is 1. The maximum atomic E-state index is 6.11. The van der Waals surface area contributed by atoms with E-state index in [0.717, 1.165) is 17.0 Å². The average Bonchev–Trinajstić information content (AvgIpc) is 2.39. The molecule has 0 aliphatic heterocycles. The van der Waals surface area contributed by atoms with Crippen LogP contribution in [0.15, 0.2) is 24.3 Å². The van der Waals surface area contributed by atoms with Gasteiger partial charge in [0.15, 0.2) is 0 Å². The summed E-state index contributed by atoms with van der Waals surface area (Å²) in [6.07, 6.45) is 6.88. The Morgan fingerprint density at radius 1 is 1.35 bits per heavy atom. The number of rotatable bonds is 4. The van der Waals surface area contributed by atoms with E-state index in [2.05, 4.69) is 47.1 Å². The van der Waals surface area contributed by atoms with Crippen molar-refractivity contribution < 1.29 is 4.74 Å². The molecule has 0 saturated heterocycles. The van der Waals surface area contributed by atoms with Crippen LogP contribution in [0.4, 0.5) is 0 Å². The van der Waals surface area contributed by atoms with Crippen molar-refractivity contribution in [2.24, 2.45) is 5.92 Å².